The quantitative estimate of drug-likeness (QED) is 0.827. The zero-order chi connectivity index (χ0) is 11.1. The molecule has 0 amide bonds. The summed E-state index contributed by atoms with van der Waals surface area (Å²) in [5.41, 5.74) is 2.27. The lowest BCUT2D eigenvalue weighted by molar-refractivity contribution is 0.0690. The number of carbonyl (C=O) groups is 1. The van der Waals surface area contributed by atoms with Crippen molar-refractivity contribution in [1.82, 2.24) is 4.98 Å². The first kappa shape index (κ1) is 9.46. The van der Waals surface area contributed by atoms with Crippen LogP contribution in [0.3, 0.4) is 0 Å². The third-order valence-electron chi connectivity index (χ3n) is 3.22. The van der Waals surface area contributed by atoms with E-state index in [0.717, 1.165) is 22.9 Å². The van der Waals surface area contributed by atoms with Gasteiger partial charge in [-0.25, -0.2) is 4.79 Å². The molecule has 3 nitrogen and oxygen atoms in total. The third kappa shape index (κ3) is 1.48. The van der Waals surface area contributed by atoms with Crippen LogP contribution in [0.25, 0.3) is 10.9 Å². The van der Waals surface area contributed by atoms with E-state index >= 15 is 0 Å². The van der Waals surface area contributed by atoms with Crippen LogP contribution in [0.4, 0.5) is 0 Å². The number of aromatic amines is 1. The van der Waals surface area contributed by atoms with Gasteiger partial charge < -0.3 is 10.1 Å². The molecule has 3 rings (SSSR count). The molecule has 0 saturated heterocycles. The molecular weight excluding hydrogens is 202 g/mol. The molecule has 2 N–H and O–H groups in total. The van der Waals surface area contributed by atoms with E-state index in [1.807, 2.05) is 24.3 Å². The average molecular weight is 215 g/mol. The van der Waals surface area contributed by atoms with Gasteiger partial charge in [-0.2, -0.15) is 0 Å². The molecule has 82 valence electrons. The van der Waals surface area contributed by atoms with Crippen LogP contribution in [0.2, 0.25) is 0 Å². The minimum absolute atomic E-state index is 0.369. The highest BCUT2D eigenvalue weighted by molar-refractivity contribution is 5.97. The molecule has 1 aliphatic rings. The van der Waals surface area contributed by atoms with E-state index in [-0.39, 0.29) is 0 Å². The highest BCUT2D eigenvalue weighted by Gasteiger charge is 2.26. The smallest absolute Gasteiger partial charge is 0.352 e. The molecule has 1 fully saturated rings. The van der Waals surface area contributed by atoms with Gasteiger partial charge >= 0.3 is 5.97 Å². The van der Waals surface area contributed by atoms with E-state index in [9.17, 15) is 4.79 Å². The number of nitrogens with one attached hydrogen (secondary N) is 1. The van der Waals surface area contributed by atoms with E-state index in [1.165, 1.54) is 12.8 Å². The van der Waals surface area contributed by atoms with Gasteiger partial charge in [0.15, 0.2) is 0 Å². The Morgan fingerprint density at radius 1 is 1.38 bits per heavy atom. The molecule has 1 saturated carbocycles. The summed E-state index contributed by atoms with van der Waals surface area (Å²) < 4.78 is 0. The molecular formula is C13H13NO2. The van der Waals surface area contributed by atoms with E-state index in [2.05, 4.69) is 4.98 Å². The number of aromatic carboxylic acids is 1. The maximum Gasteiger partial charge on any atom is 0.352 e. The number of carboxylic acid groups (broad SMARTS) is 1. The lowest BCUT2D eigenvalue weighted by atomic mass is 10.0. The van der Waals surface area contributed by atoms with Crippen molar-refractivity contribution in [2.75, 3.05) is 0 Å². The molecule has 1 aliphatic carbocycles. The summed E-state index contributed by atoms with van der Waals surface area (Å²) in [6.45, 7) is 0. The normalized spacial score (nSPS) is 15.5. The van der Waals surface area contributed by atoms with Crippen LogP contribution < -0.4 is 0 Å². The minimum Gasteiger partial charge on any atom is -0.477 e. The van der Waals surface area contributed by atoms with E-state index in [0.29, 0.717) is 11.6 Å². The van der Waals surface area contributed by atoms with Crippen molar-refractivity contribution in [1.29, 1.82) is 0 Å². The summed E-state index contributed by atoms with van der Waals surface area (Å²) in [4.78, 5) is 14.2. The van der Waals surface area contributed by atoms with Crippen LogP contribution >= 0.6 is 0 Å². The first-order valence-corrected chi connectivity index (χ1v) is 5.58. The first-order chi connectivity index (χ1) is 7.75. The monoisotopic (exact) mass is 215 g/mol. The van der Waals surface area contributed by atoms with Crippen LogP contribution in [0.5, 0.6) is 0 Å². The predicted octanol–water partition coefficient (Wildman–Crippen LogP) is 2.82. The van der Waals surface area contributed by atoms with Gasteiger partial charge in [0.05, 0.1) is 0 Å². The molecule has 2 aromatic rings. The fourth-order valence-corrected chi connectivity index (χ4v) is 2.21. The van der Waals surface area contributed by atoms with Gasteiger partial charge in [0.2, 0.25) is 0 Å². The Hall–Kier alpha value is -1.77. The third-order valence-corrected chi connectivity index (χ3v) is 3.22. The number of carboxylic acids is 1. The first-order valence-electron chi connectivity index (χ1n) is 5.58. The van der Waals surface area contributed by atoms with Crippen LogP contribution in [-0.4, -0.2) is 16.1 Å². The SMILES string of the molecule is O=C(O)c1[nH]c2ccccc2c1CC1CC1. The van der Waals surface area contributed by atoms with Gasteiger partial charge in [0.1, 0.15) is 5.69 Å². The average Bonchev–Trinajstić information content (AvgIpc) is 3.00. The molecule has 0 aliphatic heterocycles. The Balaban J connectivity index is 2.18. The maximum absolute atomic E-state index is 11.2. The zero-order valence-corrected chi connectivity index (χ0v) is 8.86. The summed E-state index contributed by atoms with van der Waals surface area (Å²) in [6.07, 6.45) is 3.36. The largest absolute Gasteiger partial charge is 0.477 e. The molecule has 0 bridgehead atoms. The number of rotatable bonds is 3. The Labute approximate surface area is 93.1 Å². The Morgan fingerprint density at radius 2 is 2.12 bits per heavy atom. The number of para-hydroxylation sites is 1. The Kier molecular flexibility index (Phi) is 1.99. The number of hydrogen-bond acceptors (Lipinski definition) is 1. The van der Waals surface area contributed by atoms with Crippen LogP contribution in [-0.2, 0) is 6.42 Å². The van der Waals surface area contributed by atoms with Gasteiger partial charge in [-0.3, -0.25) is 0 Å². The summed E-state index contributed by atoms with van der Waals surface area (Å²) in [7, 11) is 0. The number of fused-ring (bicyclic) bond motifs is 1. The molecule has 1 heterocycles. The highest BCUT2D eigenvalue weighted by atomic mass is 16.4. The van der Waals surface area contributed by atoms with Gasteiger partial charge in [-0.1, -0.05) is 18.2 Å². The molecule has 1 aromatic carbocycles. The van der Waals surface area contributed by atoms with E-state index < -0.39 is 5.97 Å². The van der Waals surface area contributed by atoms with Gasteiger partial charge in [-0.05, 0) is 36.8 Å². The summed E-state index contributed by atoms with van der Waals surface area (Å²) in [6, 6.07) is 7.80. The number of aromatic nitrogens is 1. The molecule has 0 radical (unpaired) electrons. The summed E-state index contributed by atoms with van der Waals surface area (Å²) in [5.74, 6) is -0.163. The molecule has 0 atom stereocenters. The summed E-state index contributed by atoms with van der Waals surface area (Å²) in [5, 5.41) is 10.2. The molecule has 0 spiro atoms. The fourth-order valence-electron chi connectivity index (χ4n) is 2.21. The summed E-state index contributed by atoms with van der Waals surface area (Å²) >= 11 is 0. The van der Waals surface area contributed by atoms with E-state index in [4.69, 9.17) is 5.11 Å². The second kappa shape index (κ2) is 3.37. The highest BCUT2D eigenvalue weighted by Crippen LogP contribution is 2.36. The fraction of sp³-hybridized carbons (Fsp3) is 0.308. The Morgan fingerprint density at radius 3 is 2.81 bits per heavy atom. The van der Waals surface area contributed by atoms with Crippen molar-refractivity contribution in [3.63, 3.8) is 0 Å². The van der Waals surface area contributed by atoms with Crippen LogP contribution in [0.15, 0.2) is 24.3 Å². The van der Waals surface area contributed by atoms with Crippen molar-refractivity contribution in [3.05, 3.63) is 35.5 Å². The van der Waals surface area contributed by atoms with Crippen LogP contribution in [0, 0.1) is 5.92 Å². The maximum atomic E-state index is 11.2. The molecule has 1 aromatic heterocycles. The minimum atomic E-state index is -0.855. The van der Waals surface area contributed by atoms with Crippen molar-refractivity contribution in [2.24, 2.45) is 5.92 Å². The molecule has 16 heavy (non-hydrogen) atoms. The second-order valence-electron chi connectivity index (χ2n) is 4.48. The number of benzene rings is 1. The predicted molar refractivity (Wildman–Crippen MR) is 61.7 cm³/mol. The standard InChI is InChI=1S/C13H13NO2/c15-13(16)12-10(7-8-5-6-8)9-3-1-2-4-11(9)14-12/h1-4,8,14H,5-7H2,(H,15,16). The lowest BCUT2D eigenvalue weighted by Crippen LogP contribution is -2.01. The van der Waals surface area contributed by atoms with Crippen molar-refractivity contribution >= 4 is 16.9 Å². The van der Waals surface area contributed by atoms with Crippen LogP contribution in [0.1, 0.15) is 28.9 Å². The van der Waals surface area contributed by atoms with Gasteiger partial charge in [0, 0.05) is 10.9 Å². The topological polar surface area (TPSA) is 53.1 Å². The van der Waals surface area contributed by atoms with E-state index in [1.54, 1.807) is 0 Å². The second-order valence-corrected chi connectivity index (χ2v) is 4.48. The zero-order valence-electron chi connectivity index (χ0n) is 8.86. The Bertz CT molecular complexity index is 552. The van der Waals surface area contributed by atoms with Crippen molar-refractivity contribution in [2.45, 2.75) is 19.3 Å². The van der Waals surface area contributed by atoms with Gasteiger partial charge in [-0.15, -0.1) is 0 Å². The van der Waals surface area contributed by atoms with Gasteiger partial charge in [0.25, 0.3) is 0 Å². The number of hydrogen-bond donors (Lipinski definition) is 2. The van der Waals surface area contributed by atoms with Crippen molar-refractivity contribution in [3.8, 4) is 0 Å². The van der Waals surface area contributed by atoms with Crippen molar-refractivity contribution < 1.29 is 9.90 Å². The number of H-pyrrole nitrogens is 1. The lowest BCUT2D eigenvalue weighted by Gasteiger charge is -1.99. The molecule has 3 heteroatoms. The molecule has 0 unspecified atom stereocenters.